The van der Waals surface area contributed by atoms with E-state index in [-0.39, 0.29) is 34.4 Å². The molecule has 31 heavy (non-hydrogen) atoms. The maximum atomic E-state index is 6.60. The molecule has 0 radical (unpaired) electrons. The second kappa shape index (κ2) is 8.19. The van der Waals surface area contributed by atoms with Crippen LogP contribution in [0, 0.1) is 5.41 Å². The Kier molecular flexibility index (Phi) is 5.88. The Balaban J connectivity index is 0.00000231. The van der Waals surface area contributed by atoms with Crippen LogP contribution in [0.2, 0.25) is 0 Å². The van der Waals surface area contributed by atoms with Crippen molar-refractivity contribution in [3.63, 3.8) is 0 Å². The molecule has 2 aromatic carbocycles. The van der Waals surface area contributed by atoms with Crippen molar-refractivity contribution in [2.75, 3.05) is 13.2 Å². The van der Waals surface area contributed by atoms with E-state index in [4.69, 9.17) is 9.47 Å². The number of ether oxygens (including phenoxy) is 2. The summed E-state index contributed by atoms with van der Waals surface area (Å²) < 4.78 is 18.0. The molecule has 0 saturated carbocycles. The number of hydrogen-bond donors (Lipinski definition) is 0. The lowest BCUT2D eigenvalue weighted by Gasteiger charge is -2.58. The van der Waals surface area contributed by atoms with Crippen molar-refractivity contribution in [3.05, 3.63) is 89.5 Å². The average molecular weight is 483 g/mol. The first kappa shape index (κ1) is 22.3. The highest BCUT2D eigenvalue weighted by molar-refractivity contribution is 5.45. The second-order valence-electron chi connectivity index (χ2n) is 8.90. The first-order chi connectivity index (χ1) is 14.5. The highest BCUT2D eigenvalue weighted by Gasteiger charge is 2.70. The molecule has 6 rings (SSSR count). The average Bonchev–Trinajstić information content (AvgIpc) is 3.14. The van der Waals surface area contributed by atoms with E-state index >= 15 is 0 Å². The summed E-state index contributed by atoms with van der Waals surface area (Å²) in [5.41, 5.74) is 3.78. The van der Waals surface area contributed by atoms with Gasteiger partial charge < -0.3 is 26.5 Å². The summed E-state index contributed by atoms with van der Waals surface area (Å²) in [6, 6.07) is 19.6. The molecule has 164 valence electrons. The first-order valence-corrected chi connectivity index (χ1v) is 11.1. The van der Waals surface area contributed by atoms with Crippen molar-refractivity contribution < 1.29 is 31.0 Å². The van der Waals surface area contributed by atoms with Crippen LogP contribution in [0.4, 0.5) is 0 Å². The zero-order valence-electron chi connectivity index (χ0n) is 18.7. The van der Waals surface area contributed by atoms with Crippen LogP contribution in [-0.4, -0.2) is 23.6 Å². The number of fused-ring (bicyclic) bond motifs is 1. The minimum Gasteiger partial charge on any atom is -1.00 e. The number of halogens is 1. The zero-order chi connectivity index (χ0) is 20.9. The second-order valence-corrected chi connectivity index (χ2v) is 8.90. The van der Waals surface area contributed by atoms with Gasteiger partial charge in [0.05, 0.1) is 5.41 Å². The van der Waals surface area contributed by atoms with Gasteiger partial charge in [0.2, 0.25) is 0 Å². The molecule has 1 aromatic heterocycles. The molecular weight excluding hydrogens is 452 g/mol. The van der Waals surface area contributed by atoms with Crippen LogP contribution in [0.5, 0.6) is 0 Å². The molecule has 1 aliphatic carbocycles. The van der Waals surface area contributed by atoms with E-state index in [1.165, 1.54) is 22.5 Å². The van der Waals surface area contributed by atoms with Gasteiger partial charge in [-0.15, -0.1) is 0 Å². The minimum absolute atomic E-state index is 0. The number of rotatable bonds is 6. The number of hydrogen-bond acceptors (Lipinski definition) is 2. The monoisotopic (exact) mass is 482 g/mol. The molecule has 2 aliphatic heterocycles. The summed E-state index contributed by atoms with van der Waals surface area (Å²) in [6.07, 6.45) is 4.47. The maximum Gasteiger partial charge on any atom is 0.270 e. The fraction of sp³-hybridized carbons (Fsp3) is 0.423. The van der Waals surface area contributed by atoms with Gasteiger partial charge in [-0.3, -0.25) is 0 Å². The molecule has 0 unspecified atom stereocenters. The van der Waals surface area contributed by atoms with Gasteiger partial charge in [-0.05, 0) is 25.0 Å². The topological polar surface area (TPSA) is 27.3 Å². The molecule has 2 atom stereocenters. The lowest BCUT2D eigenvalue weighted by atomic mass is 9.58. The van der Waals surface area contributed by atoms with E-state index in [0.717, 1.165) is 6.54 Å². The van der Waals surface area contributed by atoms with Gasteiger partial charge in [0.25, 0.3) is 5.82 Å². The van der Waals surface area contributed by atoms with Gasteiger partial charge in [-0.2, -0.15) is 0 Å². The van der Waals surface area contributed by atoms with Crippen LogP contribution >= 0.6 is 0 Å². The smallest absolute Gasteiger partial charge is 0.270 e. The van der Waals surface area contributed by atoms with Gasteiger partial charge in [0, 0.05) is 18.8 Å². The summed E-state index contributed by atoms with van der Waals surface area (Å²) in [6.45, 7) is 10.8. The summed E-state index contributed by atoms with van der Waals surface area (Å²) in [4.78, 5) is 0. The van der Waals surface area contributed by atoms with E-state index in [2.05, 4.69) is 104 Å². The summed E-state index contributed by atoms with van der Waals surface area (Å²) >= 11 is 0. The molecule has 5 heteroatoms. The standard InChI is InChI=1S/C26H31N2O2.BrH/c1-5-29-26(30-6-2)22-20-14-10-11-15-21(20)23(25(26,3)4)28-17-16-27(24(22)28)18-19-12-8-7-9-13-19;/h7-17,22-23H,5-6,18H2,1-4H3;1H/q+1;/p-1/t22-,23-;/m0./s1. The van der Waals surface area contributed by atoms with Crippen LogP contribution in [0.3, 0.4) is 0 Å². The van der Waals surface area contributed by atoms with Gasteiger partial charge in [0.1, 0.15) is 30.9 Å². The van der Waals surface area contributed by atoms with Crippen molar-refractivity contribution in [1.82, 2.24) is 4.57 Å². The first-order valence-electron chi connectivity index (χ1n) is 11.1. The molecule has 0 amide bonds. The fourth-order valence-corrected chi connectivity index (χ4v) is 5.90. The quantitative estimate of drug-likeness (QED) is 0.394. The minimum atomic E-state index is -0.706. The van der Waals surface area contributed by atoms with Crippen molar-refractivity contribution in [3.8, 4) is 0 Å². The van der Waals surface area contributed by atoms with Crippen LogP contribution < -0.4 is 21.5 Å². The Bertz CT molecular complexity index is 1050. The Morgan fingerprint density at radius 1 is 0.903 bits per heavy atom. The van der Waals surface area contributed by atoms with E-state index in [0.29, 0.717) is 13.2 Å². The lowest BCUT2D eigenvalue weighted by molar-refractivity contribution is -0.755. The fourth-order valence-electron chi connectivity index (χ4n) is 5.90. The molecule has 3 heterocycles. The van der Waals surface area contributed by atoms with Crippen molar-refractivity contribution in [1.29, 1.82) is 0 Å². The van der Waals surface area contributed by atoms with Crippen LogP contribution in [0.1, 0.15) is 62.2 Å². The van der Waals surface area contributed by atoms with Gasteiger partial charge in [-0.25, -0.2) is 9.13 Å². The largest absolute Gasteiger partial charge is 1.00 e. The number of imidazole rings is 1. The van der Waals surface area contributed by atoms with Gasteiger partial charge in [-0.1, -0.05) is 68.4 Å². The number of benzene rings is 2. The van der Waals surface area contributed by atoms with Crippen molar-refractivity contribution in [2.24, 2.45) is 5.41 Å². The Morgan fingerprint density at radius 3 is 2.16 bits per heavy atom. The third-order valence-corrected chi connectivity index (χ3v) is 6.98. The molecule has 0 fully saturated rings. The van der Waals surface area contributed by atoms with E-state index in [1.54, 1.807) is 0 Å². The predicted molar refractivity (Wildman–Crippen MR) is 116 cm³/mol. The Labute approximate surface area is 195 Å². The van der Waals surface area contributed by atoms with E-state index in [9.17, 15) is 0 Å². The van der Waals surface area contributed by atoms with Crippen molar-refractivity contribution in [2.45, 2.75) is 52.0 Å². The third-order valence-electron chi connectivity index (χ3n) is 6.98. The van der Waals surface area contributed by atoms with Crippen molar-refractivity contribution >= 4 is 0 Å². The van der Waals surface area contributed by atoms with Crippen LogP contribution in [0.25, 0.3) is 0 Å². The number of aromatic nitrogens is 2. The molecule has 4 nitrogen and oxygen atoms in total. The summed E-state index contributed by atoms with van der Waals surface area (Å²) in [5.74, 6) is 0.568. The molecule has 3 aromatic rings. The Hall–Kier alpha value is -1.95. The highest BCUT2D eigenvalue weighted by atomic mass is 79.9. The zero-order valence-corrected chi connectivity index (χ0v) is 20.3. The molecule has 0 spiro atoms. The molecular formula is C26H31BrN2O2. The maximum absolute atomic E-state index is 6.60. The predicted octanol–water partition coefficient (Wildman–Crippen LogP) is 1.67. The molecule has 0 N–H and O–H groups in total. The SMILES string of the molecule is CCOC1(OCC)[C@H]2c3ccccc3[C@H]([n+]3ccn(Cc4ccccc4)c32)C1(C)C.[Br-]. The Morgan fingerprint density at radius 2 is 1.52 bits per heavy atom. The molecule has 3 aliphatic rings. The summed E-state index contributed by atoms with van der Waals surface area (Å²) in [7, 11) is 0. The number of nitrogens with zero attached hydrogens (tertiary/aromatic N) is 2. The highest BCUT2D eigenvalue weighted by Crippen LogP contribution is 2.61. The third kappa shape index (κ3) is 3.05. The van der Waals surface area contributed by atoms with Gasteiger partial charge in [0.15, 0.2) is 5.79 Å². The van der Waals surface area contributed by atoms with Crippen LogP contribution in [-0.2, 0) is 16.0 Å². The van der Waals surface area contributed by atoms with Gasteiger partial charge >= 0.3 is 0 Å². The lowest BCUT2D eigenvalue weighted by Crippen LogP contribution is -3.00. The van der Waals surface area contributed by atoms with Crippen LogP contribution in [0.15, 0.2) is 67.0 Å². The summed E-state index contributed by atoms with van der Waals surface area (Å²) in [5, 5.41) is 0. The molecule has 2 bridgehead atoms. The molecule has 0 saturated heterocycles. The normalized spacial score (nSPS) is 21.8. The van der Waals surface area contributed by atoms with E-state index in [1.807, 2.05) is 0 Å². The van der Waals surface area contributed by atoms with E-state index < -0.39 is 5.79 Å².